The van der Waals surface area contributed by atoms with Crippen molar-refractivity contribution in [2.24, 2.45) is 0 Å². The van der Waals surface area contributed by atoms with E-state index in [1.54, 1.807) is 24.3 Å². The SMILES string of the molecule is O=C(Nc1nc(-c2ccc(Cl)cc2)cs1)c1cccc(S(=O)(=O)N2CCOCC2)c1. The Kier molecular flexibility index (Phi) is 6.16. The molecule has 0 saturated carbocycles. The van der Waals surface area contributed by atoms with Crippen molar-refractivity contribution in [1.82, 2.24) is 9.29 Å². The van der Waals surface area contributed by atoms with Crippen LogP contribution in [-0.4, -0.2) is 49.9 Å². The first kappa shape index (κ1) is 21.0. The molecule has 1 fully saturated rings. The number of nitrogens with zero attached hydrogens (tertiary/aromatic N) is 2. The van der Waals surface area contributed by atoms with Gasteiger partial charge in [0.05, 0.1) is 23.8 Å². The largest absolute Gasteiger partial charge is 0.379 e. The summed E-state index contributed by atoms with van der Waals surface area (Å²) in [5.41, 5.74) is 1.85. The van der Waals surface area contributed by atoms with Gasteiger partial charge < -0.3 is 4.74 Å². The summed E-state index contributed by atoms with van der Waals surface area (Å²) in [5.74, 6) is -0.425. The van der Waals surface area contributed by atoms with Gasteiger partial charge in [0.2, 0.25) is 10.0 Å². The highest BCUT2D eigenvalue weighted by molar-refractivity contribution is 7.89. The Balaban J connectivity index is 1.50. The number of rotatable bonds is 5. The fourth-order valence-corrected chi connectivity index (χ4v) is 5.28. The summed E-state index contributed by atoms with van der Waals surface area (Å²) in [6, 6.07) is 13.2. The topological polar surface area (TPSA) is 88.6 Å². The number of carbonyl (C=O) groups is 1. The Morgan fingerprint density at radius 2 is 1.87 bits per heavy atom. The average molecular weight is 464 g/mol. The Morgan fingerprint density at radius 3 is 2.60 bits per heavy atom. The number of ether oxygens (including phenoxy) is 1. The number of hydrogen-bond donors (Lipinski definition) is 1. The normalized spacial score (nSPS) is 15.1. The standard InChI is InChI=1S/C20H18ClN3O4S2/c21-16-6-4-14(5-7-16)18-13-29-20(22-18)23-19(25)15-2-1-3-17(12-15)30(26,27)24-8-10-28-11-9-24/h1-7,12-13H,8-11H2,(H,22,23,25). The molecule has 0 spiro atoms. The van der Waals surface area contributed by atoms with Crippen molar-refractivity contribution in [3.05, 3.63) is 64.5 Å². The third kappa shape index (κ3) is 4.55. The highest BCUT2D eigenvalue weighted by Crippen LogP contribution is 2.26. The summed E-state index contributed by atoms with van der Waals surface area (Å²) < 4.78 is 32.2. The monoisotopic (exact) mass is 463 g/mol. The molecule has 0 atom stereocenters. The molecule has 4 rings (SSSR count). The molecule has 1 saturated heterocycles. The van der Waals surface area contributed by atoms with Crippen molar-refractivity contribution in [1.29, 1.82) is 0 Å². The molecule has 1 aliphatic heterocycles. The third-order valence-corrected chi connectivity index (χ3v) is 7.47. The minimum Gasteiger partial charge on any atom is -0.379 e. The second-order valence-electron chi connectivity index (χ2n) is 6.54. The van der Waals surface area contributed by atoms with Crippen molar-refractivity contribution in [3.8, 4) is 11.3 Å². The summed E-state index contributed by atoms with van der Waals surface area (Å²) in [7, 11) is -3.68. The molecule has 7 nitrogen and oxygen atoms in total. The Morgan fingerprint density at radius 1 is 1.13 bits per heavy atom. The van der Waals surface area contributed by atoms with E-state index in [1.165, 1.54) is 27.8 Å². The average Bonchev–Trinajstić information content (AvgIpc) is 3.23. The molecule has 0 radical (unpaired) electrons. The number of hydrogen-bond acceptors (Lipinski definition) is 6. The van der Waals surface area contributed by atoms with Crippen LogP contribution in [0.5, 0.6) is 0 Å². The first-order valence-electron chi connectivity index (χ1n) is 9.14. The summed E-state index contributed by atoms with van der Waals surface area (Å²) in [6.07, 6.45) is 0. The van der Waals surface area contributed by atoms with E-state index in [1.807, 2.05) is 17.5 Å². The van der Waals surface area contributed by atoms with Crippen LogP contribution in [0.15, 0.2) is 58.8 Å². The molecule has 10 heteroatoms. The fourth-order valence-electron chi connectivity index (χ4n) is 2.99. The lowest BCUT2D eigenvalue weighted by molar-refractivity contribution is 0.0730. The molecule has 0 bridgehead atoms. The van der Waals surface area contributed by atoms with Crippen molar-refractivity contribution < 1.29 is 17.9 Å². The lowest BCUT2D eigenvalue weighted by Gasteiger charge is -2.26. The lowest BCUT2D eigenvalue weighted by atomic mass is 10.2. The first-order chi connectivity index (χ1) is 14.4. The van der Waals surface area contributed by atoms with Gasteiger partial charge in [-0.05, 0) is 30.3 Å². The first-order valence-corrected chi connectivity index (χ1v) is 11.8. The number of thiazole rings is 1. The Labute approximate surface area is 183 Å². The number of aromatic nitrogens is 1. The molecular formula is C20H18ClN3O4S2. The molecule has 0 unspecified atom stereocenters. The van der Waals surface area contributed by atoms with Crippen LogP contribution in [0.3, 0.4) is 0 Å². The van der Waals surface area contributed by atoms with Crippen LogP contribution < -0.4 is 5.32 Å². The number of amides is 1. The van der Waals surface area contributed by atoms with Gasteiger partial charge >= 0.3 is 0 Å². The third-order valence-electron chi connectivity index (χ3n) is 4.57. The lowest BCUT2D eigenvalue weighted by Crippen LogP contribution is -2.40. The van der Waals surface area contributed by atoms with Gasteiger partial charge in [-0.25, -0.2) is 13.4 Å². The number of carbonyl (C=O) groups excluding carboxylic acids is 1. The van der Waals surface area contributed by atoms with E-state index in [4.69, 9.17) is 16.3 Å². The van der Waals surface area contributed by atoms with Gasteiger partial charge in [-0.3, -0.25) is 10.1 Å². The van der Waals surface area contributed by atoms with Crippen LogP contribution in [0.25, 0.3) is 11.3 Å². The van der Waals surface area contributed by atoms with E-state index in [0.717, 1.165) is 11.3 Å². The maximum absolute atomic E-state index is 12.8. The number of sulfonamides is 1. The van der Waals surface area contributed by atoms with Crippen molar-refractivity contribution in [2.45, 2.75) is 4.90 Å². The van der Waals surface area contributed by atoms with Gasteiger partial charge in [0.15, 0.2) is 5.13 Å². The predicted molar refractivity (Wildman–Crippen MR) is 117 cm³/mol. The summed E-state index contributed by atoms with van der Waals surface area (Å²) in [4.78, 5) is 17.2. The van der Waals surface area contributed by atoms with E-state index in [9.17, 15) is 13.2 Å². The highest BCUT2D eigenvalue weighted by atomic mass is 35.5. The number of anilines is 1. The van der Waals surface area contributed by atoms with Crippen molar-refractivity contribution in [2.75, 3.05) is 31.6 Å². The van der Waals surface area contributed by atoms with Crippen LogP contribution in [0, 0.1) is 0 Å². The second-order valence-corrected chi connectivity index (χ2v) is 9.78. The zero-order chi connectivity index (χ0) is 21.1. The van der Waals surface area contributed by atoms with Crippen LogP contribution in [-0.2, 0) is 14.8 Å². The molecule has 30 heavy (non-hydrogen) atoms. The molecule has 3 aromatic rings. The van der Waals surface area contributed by atoms with E-state index in [0.29, 0.717) is 36.5 Å². The molecular weight excluding hydrogens is 446 g/mol. The second kappa shape index (κ2) is 8.83. The van der Waals surface area contributed by atoms with E-state index < -0.39 is 15.9 Å². The zero-order valence-electron chi connectivity index (χ0n) is 15.7. The molecule has 1 N–H and O–H groups in total. The molecule has 1 aliphatic rings. The Hall–Kier alpha value is -2.30. The summed E-state index contributed by atoms with van der Waals surface area (Å²) in [6.45, 7) is 1.31. The van der Waals surface area contributed by atoms with Crippen molar-refractivity contribution >= 4 is 44.0 Å². The van der Waals surface area contributed by atoms with Crippen LogP contribution in [0.4, 0.5) is 5.13 Å². The van der Waals surface area contributed by atoms with Gasteiger partial charge in [-0.15, -0.1) is 11.3 Å². The molecule has 2 heterocycles. The van der Waals surface area contributed by atoms with Gasteiger partial charge in [0, 0.05) is 34.6 Å². The number of morpholine rings is 1. The van der Waals surface area contributed by atoms with E-state index in [2.05, 4.69) is 10.3 Å². The van der Waals surface area contributed by atoms with Crippen LogP contribution >= 0.6 is 22.9 Å². The predicted octanol–water partition coefficient (Wildman–Crippen LogP) is 3.74. The minimum atomic E-state index is -3.68. The maximum Gasteiger partial charge on any atom is 0.257 e. The highest BCUT2D eigenvalue weighted by Gasteiger charge is 2.27. The van der Waals surface area contributed by atoms with Gasteiger partial charge in [0.1, 0.15) is 0 Å². The van der Waals surface area contributed by atoms with Gasteiger partial charge in [-0.1, -0.05) is 29.8 Å². The number of benzene rings is 2. The van der Waals surface area contributed by atoms with Crippen LogP contribution in [0.1, 0.15) is 10.4 Å². The Bertz CT molecular complexity index is 1160. The molecule has 2 aromatic carbocycles. The van der Waals surface area contributed by atoms with Gasteiger partial charge in [-0.2, -0.15) is 4.31 Å². The molecule has 1 amide bonds. The fraction of sp³-hybridized carbons (Fsp3) is 0.200. The molecule has 0 aliphatic carbocycles. The summed E-state index contributed by atoms with van der Waals surface area (Å²) >= 11 is 7.20. The molecule has 156 valence electrons. The van der Waals surface area contributed by atoms with E-state index >= 15 is 0 Å². The van der Waals surface area contributed by atoms with Crippen LogP contribution in [0.2, 0.25) is 5.02 Å². The minimum absolute atomic E-state index is 0.0815. The quantitative estimate of drug-likeness (QED) is 0.622. The molecule has 1 aromatic heterocycles. The smallest absolute Gasteiger partial charge is 0.257 e. The van der Waals surface area contributed by atoms with Gasteiger partial charge in [0.25, 0.3) is 5.91 Å². The maximum atomic E-state index is 12.8. The number of halogens is 1. The number of nitrogens with one attached hydrogen (secondary N) is 1. The van der Waals surface area contributed by atoms with E-state index in [-0.39, 0.29) is 10.5 Å². The van der Waals surface area contributed by atoms with Crippen molar-refractivity contribution in [3.63, 3.8) is 0 Å². The summed E-state index contributed by atoms with van der Waals surface area (Å²) in [5, 5.41) is 5.62. The zero-order valence-corrected chi connectivity index (χ0v) is 18.1.